The van der Waals surface area contributed by atoms with Crippen LogP contribution in [0.4, 0.5) is 5.69 Å². The number of hydrogen-bond acceptors (Lipinski definition) is 6. The number of ether oxygens (including phenoxy) is 1. The molecule has 0 aliphatic rings. The van der Waals surface area contributed by atoms with Crippen LogP contribution in [0, 0.1) is 6.92 Å². The van der Waals surface area contributed by atoms with Crippen LogP contribution in [0.5, 0.6) is 0 Å². The van der Waals surface area contributed by atoms with Crippen molar-refractivity contribution in [2.45, 2.75) is 13.5 Å². The Morgan fingerprint density at radius 2 is 2.21 bits per heavy atom. The molecule has 0 saturated heterocycles. The van der Waals surface area contributed by atoms with Gasteiger partial charge in [-0.3, -0.25) is 0 Å². The van der Waals surface area contributed by atoms with Crippen LogP contribution in [0.15, 0.2) is 18.2 Å². The molecule has 3 aromatic rings. The van der Waals surface area contributed by atoms with E-state index in [-0.39, 0.29) is 0 Å². The number of nitrogens with zero attached hydrogens (tertiary/aromatic N) is 4. The number of hydrogen-bond donors (Lipinski definition) is 1. The van der Waals surface area contributed by atoms with Crippen LogP contribution >= 0.6 is 11.3 Å². The summed E-state index contributed by atoms with van der Waals surface area (Å²) in [7, 11) is 1.62. The van der Waals surface area contributed by atoms with Crippen molar-refractivity contribution < 1.29 is 4.74 Å². The lowest BCUT2D eigenvalue weighted by atomic mass is 10.1. The Hall–Kier alpha value is -1.99. The molecule has 1 aromatic carbocycles. The van der Waals surface area contributed by atoms with E-state index in [9.17, 15) is 0 Å². The SMILES string of the molecule is COCc1nnc2sc(-c3ccc(N)c(C)c3)nn12. The summed E-state index contributed by atoms with van der Waals surface area (Å²) >= 11 is 1.49. The van der Waals surface area contributed by atoms with Crippen LogP contribution in [0.25, 0.3) is 15.5 Å². The van der Waals surface area contributed by atoms with Crippen molar-refractivity contribution in [1.82, 2.24) is 19.8 Å². The summed E-state index contributed by atoms with van der Waals surface area (Å²) in [6.45, 7) is 2.38. The third kappa shape index (κ3) is 2.06. The van der Waals surface area contributed by atoms with Crippen molar-refractivity contribution in [2.24, 2.45) is 0 Å². The second-order valence-electron chi connectivity index (χ2n) is 4.22. The molecule has 0 unspecified atom stereocenters. The number of rotatable bonds is 3. The maximum absolute atomic E-state index is 5.82. The number of nitrogen functional groups attached to an aromatic ring is 1. The fourth-order valence-electron chi connectivity index (χ4n) is 1.80. The van der Waals surface area contributed by atoms with Crippen molar-refractivity contribution in [1.29, 1.82) is 0 Å². The second kappa shape index (κ2) is 4.60. The number of nitrogens with two attached hydrogens (primary N) is 1. The molecule has 0 atom stereocenters. The predicted molar refractivity (Wildman–Crippen MR) is 74.0 cm³/mol. The van der Waals surface area contributed by atoms with E-state index in [0.29, 0.717) is 12.4 Å². The highest BCUT2D eigenvalue weighted by Gasteiger charge is 2.13. The predicted octanol–water partition coefficient (Wildman–Crippen LogP) is 1.89. The number of methoxy groups -OCH3 is 1. The van der Waals surface area contributed by atoms with Crippen molar-refractivity contribution in [3.63, 3.8) is 0 Å². The van der Waals surface area contributed by atoms with E-state index in [4.69, 9.17) is 10.5 Å². The minimum absolute atomic E-state index is 0.394. The Labute approximate surface area is 113 Å². The summed E-state index contributed by atoms with van der Waals surface area (Å²) in [4.78, 5) is 0.761. The molecule has 2 heterocycles. The van der Waals surface area contributed by atoms with E-state index in [1.54, 1.807) is 11.6 Å². The molecule has 19 heavy (non-hydrogen) atoms. The van der Waals surface area contributed by atoms with E-state index in [1.165, 1.54) is 11.3 Å². The lowest BCUT2D eigenvalue weighted by Gasteiger charge is -2.01. The minimum Gasteiger partial charge on any atom is -0.399 e. The molecule has 7 heteroatoms. The fourth-order valence-corrected chi connectivity index (χ4v) is 2.66. The van der Waals surface area contributed by atoms with Crippen molar-refractivity contribution in [3.05, 3.63) is 29.6 Å². The van der Waals surface area contributed by atoms with E-state index in [1.807, 2.05) is 25.1 Å². The van der Waals surface area contributed by atoms with Gasteiger partial charge in [0.2, 0.25) is 4.96 Å². The molecular weight excluding hydrogens is 262 g/mol. The molecule has 0 amide bonds. The zero-order valence-electron chi connectivity index (χ0n) is 10.6. The van der Waals surface area contributed by atoms with Crippen molar-refractivity contribution >= 4 is 22.0 Å². The Bertz CT molecular complexity index is 733. The zero-order chi connectivity index (χ0) is 13.4. The van der Waals surface area contributed by atoms with Gasteiger partial charge >= 0.3 is 0 Å². The average Bonchev–Trinajstić information content (AvgIpc) is 2.95. The van der Waals surface area contributed by atoms with Gasteiger partial charge in [0.25, 0.3) is 0 Å². The monoisotopic (exact) mass is 275 g/mol. The molecule has 6 nitrogen and oxygen atoms in total. The largest absolute Gasteiger partial charge is 0.399 e. The average molecular weight is 275 g/mol. The summed E-state index contributed by atoms with van der Waals surface area (Å²) in [5, 5.41) is 13.5. The summed E-state index contributed by atoms with van der Waals surface area (Å²) in [6, 6.07) is 5.88. The molecule has 2 N–H and O–H groups in total. The van der Waals surface area contributed by atoms with Gasteiger partial charge in [-0.2, -0.15) is 9.61 Å². The summed E-state index contributed by atoms with van der Waals surface area (Å²) < 4.78 is 6.79. The van der Waals surface area contributed by atoms with Gasteiger partial charge in [-0.1, -0.05) is 11.3 Å². The smallest absolute Gasteiger partial charge is 0.235 e. The molecule has 98 valence electrons. The van der Waals surface area contributed by atoms with Crippen LogP contribution in [-0.4, -0.2) is 26.9 Å². The van der Waals surface area contributed by atoms with Gasteiger partial charge in [-0.25, -0.2) is 0 Å². The van der Waals surface area contributed by atoms with Crippen molar-refractivity contribution in [2.75, 3.05) is 12.8 Å². The summed E-state index contributed by atoms with van der Waals surface area (Å²) in [6.07, 6.45) is 0. The van der Waals surface area contributed by atoms with E-state index < -0.39 is 0 Å². The van der Waals surface area contributed by atoms with Crippen LogP contribution < -0.4 is 5.73 Å². The number of anilines is 1. The highest BCUT2D eigenvalue weighted by Crippen LogP contribution is 2.27. The van der Waals surface area contributed by atoms with E-state index in [0.717, 1.165) is 26.8 Å². The first-order valence-electron chi connectivity index (χ1n) is 5.75. The van der Waals surface area contributed by atoms with Crippen LogP contribution in [0.3, 0.4) is 0 Å². The third-order valence-electron chi connectivity index (χ3n) is 2.85. The summed E-state index contributed by atoms with van der Waals surface area (Å²) in [5.74, 6) is 0.701. The van der Waals surface area contributed by atoms with Gasteiger partial charge in [0.1, 0.15) is 11.6 Å². The third-order valence-corrected chi connectivity index (χ3v) is 3.79. The second-order valence-corrected chi connectivity index (χ2v) is 5.18. The van der Waals surface area contributed by atoms with Gasteiger partial charge < -0.3 is 10.5 Å². The molecule has 0 spiro atoms. The number of benzene rings is 1. The Balaban J connectivity index is 2.07. The molecule has 0 aliphatic heterocycles. The Morgan fingerprint density at radius 3 is 2.95 bits per heavy atom. The van der Waals surface area contributed by atoms with Crippen LogP contribution in [-0.2, 0) is 11.3 Å². The summed E-state index contributed by atoms with van der Waals surface area (Å²) in [5.41, 5.74) is 8.68. The van der Waals surface area contributed by atoms with Gasteiger partial charge in [0, 0.05) is 18.4 Å². The zero-order valence-corrected chi connectivity index (χ0v) is 11.4. The minimum atomic E-state index is 0.394. The van der Waals surface area contributed by atoms with Gasteiger partial charge in [0.05, 0.1) is 0 Å². The number of aromatic nitrogens is 4. The first-order valence-corrected chi connectivity index (χ1v) is 6.57. The van der Waals surface area contributed by atoms with E-state index in [2.05, 4.69) is 15.3 Å². The quantitative estimate of drug-likeness (QED) is 0.738. The number of aryl methyl sites for hydroxylation is 1. The molecule has 0 fully saturated rings. The topological polar surface area (TPSA) is 78.3 Å². The fraction of sp³-hybridized carbons (Fsp3) is 0.250. The molecule has 0 aliphatic carbocycles. The highest BCUT2D eigenvalue weighted by molar-refractivity contribution is 7.19. The molecule has 0 saturated carbocycles. The maximum Gasteiger partial charge on any atom is 0.235 e. The molecule has 3 rings (SSSR count). The maximum atomic E-state index is 5.82. The van der Waals surface area contributed by atoms with Gasteiger partial charge in [-0.05, 0) is 30.7 Å². The van der Waals surface area contributed by atoms with Crippen LogP contribution in [0.2, 0.25) is 0 Å². The lowest BCUT2D eigenvalue weighted by Crippen LogP contribution is -1.97. The van der Waals surface area contributed by atoms with Gasteiger partial charge in [0.15, 0.2) is 5.82 Å². The molecule has 0 radical (unpaired) electrons. The first kappa shape index (κ1) is 12.1. The molecule has 2 aromatic heterocycles. The normalized spacial score (nSPS) is 11.3. The molecule has 0 bridgehead atoms. The lowest BCUT2D eigenvalue weighted by molar-refractivity contribution is 0.176. The number of fused-ring (bicyclic) bond motifs is 1. The first-order chi connectivity index (χ1) is 9.19. The Kier molecular flexibility index (Phi) is 2.92. The highest BCUT2D eigenvalue weighted by atomic mass is 32.1. The van der Waals surface area contributed by atoms with Crippen LogP contribution in [0.1, 0.15) is 11.4 Å². The van der Waals surface area contributed by atoms with Gasteiger partial charge in [-0.15, -0.1) is 10.2 Å². The standard InChI is InChI=1S/C12H13N5OS/c1-7-5-8(3-4-9(7)13)11-16-17-10(6-18-2)14-15-12(17)19-11/h3-5H,6,13H2,1-2H3. The Morgan fingerprint density at radius 1 is 1.37 bits per heavy atom. The van der Waals surface area contributed by atoms with E-state index >= 15 is 0 Å². The molecular formula is C12H13N5OS. The van der Waals surface area contributed by atoms with Crippen molar-refractivity contribution in [3.8, 4) is 10.6 Å².